The lowest BCUT2D eigenvalue weighted by Gasteiger charge is -2.43. The van der Waals surface area contributed by atoms with E-state index in [0.29, 0.717) is 12.4 Å². The number of nitrogens with zero attached hydrogens (tertiary/aromatic N) is 1. The zero-order valence-corrected chi connectivity index (χ0v) is 19.5. The van der Waals surface area contributed by atoms with Crippen molar-refractivity contribution in [2.45, 2.75) is 47.0 Å². The Labute approximate surface area is 182 Å². The molecule has 0 spiro atoms. The molecule has 0 saturated heterocycles. The highest BCUT2D eigenvalue weighted by atomic mass is 16.5. The zero-order valence-electron chi connectivity index (χ0n) is 19.5. The third-order valence-electron chi connectivity index (χ3n) is 5.80. The van der Waals surface area contributed by atoms with Gasteiger partial charge >= 0.3 is 0 Å². The number of phenolic OH excluding ortho intramolecular Hbond substituents is 1. The van der Waals surface area contributed by atoms with Crippen LogP contribution in [0, 0.1) is 10.8 Å². The van der Waals surface area contributed by atoms with Crippen LogP contribution in [-0.4, -0.2) is 37.3 Å². The van der Waals surface area contributed by atoms with E-state index < -0.39 is 0 Å². The quantitative estimate of drug-likeness (QED) is 0.604. The molecule has 0 atom stereocenters. The second-order valence-electron chi connectivity index (χ2n) is 10.6. The standard InChI is InChI=1S/C27H37NO2/c1-26(2)17-22(18-27(3,4)19-26)25(20-7-11-23(29)12-8-20)21-9-13-24(14-10-21)30-16-15-28(5)6/h7-14,29H,15-19H2,1-6H3. The molecule has 30 heavy (non-hydrogen) atoms. The number of benzene rings is 2. The van der Waals surface area contributed by atoms with Gasteiger partial charge in [0.25, 0.3) is 0 Å². The van der Waals surface area contributed by atoms with E-state index in [2.05, 4.69) is 71.0 Å². The summed E-state index contributed by atoms with van der Waals surface area (Å²) < 4.78 is 5.89. The largest absolute Gasteiger partial charge is 0.508 e. The SMILES string of the molecule is CN(C)CCOc1ccc(C(=C2CC(C)(C)CC(C)(C)C2)c2ccc(O)cc2)cc1. The van der Waals surface area contributed by atoms with Crippen LogP contribution in [0.4, 0.5) is 0 Å². The molecule has 3 rings (SSSR count). The highest BCUT2D eigenvalue weighted by Crippen LogP contribution is 2.50. The summed E-state index contributed by atoms with van der Waals surface area (Å²) in [6, 6.07) is 16.1. The Kier molecular flexibility index (Phi) is 6.62. The first-order valence-corrected chi connectivity index (χ1v) is 10.9. The Hall–Kier alpha value is -2.26. The maximum Gasteiger partial charge on any atom is 0.119 e. The first-order chi connectivity index (χ1) is 14.0. The fraction of sp³-hybridized carbons (Fsp3) is 0.481. The third kappa shape index (κ3) is 5.89. The Bertz CT molecular complexity index is 856. The molecule has 0 radical (unpaired) electrons. The van der Waals surface area contributed by atoms with E-state index in [-0.39, 0.29) is 10.8 Å². The van der Waals surface area contributed by atoms with Gasteiger partial charge in [-0.1, -0.05) is 57.5 Å². The van der Waals surface area contributed by atoms with Crippen molar-refractivity contribution in [2.75, 3.05) is 27.2 Å². The third-order valence-corrected chi connectivity index (χ3v) is 5.80. The summed E-state index contributed by atoms with van der Waals surface area (Å²) in [5.41, 5.74) is 5.73. The maximum atomic E-state index is 9.81. The second-order valence-corrected chi connectivity index (χ2v) is 10.6. The topological polar surface area (TPSA) is 32.7 Å². The lowest BCUT2D eigenvalue weighted by atomic mass is 9.62. The van der Waals surface area contributed by atoms with Crippen LogP contribution in [0.5, 0.6) is 11.5 Å². The predicted molar refractivity (Wildman–Crippen MR) is 126 cm³/mol. The fourth-order valence-corrected chi connectivity index (χ4v) is 5.08. The van der Waals surface area contributed by atoms with E-state index in [0.717, 1.165) is 30.7 Å². The number of hydrogen-bond donors (Lipinski definition) is 1. The van der Waals surface area contributed by atoms with Crippen LogP contribution in [0.3, 0.4) is 0 Å². The molecule has 2 aromatic rings. The average Bonchev–Trinajstić information content (AvgIpc) is 2.62. The van der Waals surface area contributed by atoms with Crippen LogP contribution in [0.1, 0.15) is 58.1 Å². The molecular formula is C27H37NO2. The number of hydrogen-bond acceptors (Lipinski definition) is 3. The van der Waals surface area contributed by atoms with Gasteiger partial charge in [0.05, 0.1) is 0 Å². The van der Waals surface area contributed by atoms with Gasteiger partial charge in [-0.15, -0.1) is 0 Å². The van der Waals surface area contributed by atoms with Crippen LogP contribution in [0.25, 0.3) is 5.57 Å². The number of rotatable bonds is 6. The molecule has 0 aromatic heterocycles. The molecule has 162 valence electrons. The molecule has 1 aliphatic rings. The van der Waals surface area contributed by atoms with Gasteiger partial charge in [-0.3, -0.25) is 0 Å². The van der Waals surface area contributed by atoms with Gasteiger partial charge in [0.2, 0.25) is 0 Å². The van der Waals surface area contributed by atoms with E-state index in [1.165, 1.54) is 23.1 Å². The van der Waals surface area contributed by atoms with Crippen molar-refractivity contribution in [2.24, 2.45) is 10.8 Å². The summed E-state index contributed by atoms with van der Waals surface area (Å²) in [4.78, 5) is 2.12. The van der Waals surface area contributed by atoms with Crippen molar-refractivity contribution in [1.82, 2.24) is 4.90 Å². The van der Waals surface area contributed by atoms with Gasteiger partial charge in [-0.05, 0) is 85.2 Å². The molecule has 0 aliphatic heterocycles. The van der Waals surface area contributed by atoms with E-state index in [1.54, 1.807) is 12.1 Å². The van der Waals surface area contributed by atoms with Crippen molar-refractivity contribution in [3.63, 3.8) is 0 Å². The minimum atomic E-state index is 0.272. The number of aromatic hydroxyl groups is 1. The first-order valence-electron chi connectivity index (χ1n) is 10.9. The lowest BCUT2D eigenvalue weighted by molar-refractivity contribution is 0.154. The van der Waals surface area contributed by atoms with Crippen molar-refractivity contribution in [3.05, 3.63) is 65.2 Å². The molecule has 0 unspecified atom stereocenters. The number of allylic oxidation sites excluding steroid dienone is 1. The summed E-state index contributed by atoms with van der Waals surface area (Å²) in [5, 5.41) is 9.81. The Morgan fingerprint density at radius 2 is 1.37 bits per heavy atom. The highest BCUT2D eigenvalue weighted by molar-refractivity contribution is 5.82. The van der Waals surface area contributed by atoms with Crippen molar-refractivity contribution in [1.29, 1.82) is 0 Å². The van der Waals surface area contributed by atoms with Crippen LogP contribution in [0.15, 0.2) is 54.1 Å². The van der Waals surface area contributed by atoms with Gasteiger partial charge in [-0.2, -0.15) is 0 Å². The van der Waals surface area contributed by atoms with Gasteiger partial charge in [-0.25, -0.2) is 0 Å². The molecule has 1 N–H and O–H groups in total. The fourth-order valence-electron chi connectivity index (χ4n) is 5.08. The van der Waals surface area contributed by atoms with Crippen molar-refractivity contribution < 1.29 is 9.84 Å². The molecule has 0 amide bonds. The number of phenols is 1. The minimum absolute atomic E-state index is 0.272. The molecule has 0 heterocycles. The van der Waals surface area contributed by atoms with E-state index >= 15 is 0 Å². The molecular weight excluding hydrogens is 370 g/mol. The Morgan fingerprint density at radius 3 is 1.87 bits per heavy atom. The van der Waals surface area contributed by atoms with Crippen LogP contribution >= 0.6 is 0 Å². The van der Waals surface area contributed by atoms with E-state index in [1.807, 2.05) is 12.1 Å². The highest BCUT2D eigenvalue weighted by Gasteiger charge is 2.37. The van der Waals surface area contributed by atoms with Gasteiger partial charge in [0.1, 0.15) is 18.1 Å². The first kappa shape index (κ1) is 22.4. The Balaban J connectivity index is 1.99. The smallest absolute Gasteiger partial charge is 0.119 e. The van der Waals surface area contributed by atoms with Gasteiger partial charge in [0, 0.05) is 6.54 Å². The predicted octanol–water partition coefficient (Wildman–Crippen LogP) is 6.37. The molecule has 1 saturated carbocycles. The minimum Gasteiger partial charge on any atom is -0.508 e. The summed E-state index contributed by atoms with van der Waals surface area (Å²) in [5.74, 6) is 1.21. The number of likely N-dealkylation sites (N-methyl/N-ethyl adjacent to an activating group) is 1. The Morgan fingerprint density at radius 1 is 0.867 bits per heavy atom. The monoisotopic (exact) mass is 407 g/mol. The summed E-state index contributed by atoms with van der Waals surface area (Å²) in [6.07, 6.45) is 3.41. The summed E-state index contributed by atoms with van der Waals surface area (Å²) in [7, 11) is 4.10. The molecule has 2 aromatic carbocycles. The maximum absolute atomic E-state index is 9.81. The molecule has 0 bridgehead atoms. The van der Waals surface area contributed by atoms with Crippen LogP contribution in [0.2, 0.25) is 0 Å². The van der Waals surface area contributed by atoms with E-state index in [4.69, 9.17) is 4.74 Å². The van der Waals surface area contributed by atoms with Crippen LogP contribution < -0.4 is 4.74 Å². The van der Waals surface area contributed by atoms with E-state index in [9.17, 15) is 5.11 Å². The summed E-state index contributed by atoms with van der Waals surface area (Å²) in [6.45, 7) is 11.1. The van der Waals surface area contributed by atoms with Crippen molar-refractivity contribution >= 4 is 5.57 Å². The van der Waals surface area contributed by atoms with Crippen molar-refractivity contribution in [3.8, 4) is 11.5 Å². The average molecular weight is 408 g/mol. The lowest BCUT2D eigenvalue weighted by Crippen LogP contribution is -2.30. The molecule has 3 nitrogen and oxygen atoms in total. The normalized spacial score (nSPS) is 17.8. The molecule has 1 fully saturated rings. The summed E-state index contributed by atoms with van der Waals surface area (Å²) >= 11 is 0. The number of ether oxygens (including phenoxy) is 1. The molecule has 1 aliphatic carbocycles. The van der Waals surface area contributed by atoms with Gasteiger partial charge < -0.3 is 14.7 Å². The second kappa shape index (κ2) is 8.85. The molecule has 3 heteroatoms. The van der Waals surface area contributed by atoms with Crippen LogP contribution in [-0.2, 0) is 0 Å². The van der Waals surface area contributed by atoms with Gasteiger partial charge in [0.15, 0.2) is 0 Å². The zero-order chi connectivity index (χ0) is 21.9.